The number of fused-ring (bicyclic) bond motifs is 1. The molecule has 34 heavy (non-hydrogen) atoms. The number of esters is 1. The molecule has 8 nitrogen and oxygen atoms in total. The topological polar surface area (TPSA) is 98.6 Å². The Balaban J connectivity index is 1.54. The number of aromatic nitrogens is 2. The molecule has 9 heteroatoms. The molecule has 2 saturated heterocycles. The minimum atomic E-state index is -3.85. The van der Waals surface area contributed by atoms with Crippen molar-refractivity contribution in [2.24, 2.45) is 0 Å². The van der Waals surface area contributed by atoms with Crippen LogP contribution in [0.5, 0.6) is 0 Å². The van der Waals surface area contributed by atoms with Gasteiger partial charge in [-0.15, -0.1) is 0 Å². The molecule has 0 saturated carbocycles. The van der Waals surface area contributed by atoms with Crippen LogP contribution in [-0.4, -0.2) is 50.9 Å². The summed E-state index contributed by atoms with van der Waals surface area (Å²) in [5, 5.41) is -1.01. The van der Waals surface area contributed by atoms with Gasteiger partial charge in [-0.25, -0.2) is 18.2 Å². The Hall–Kier alpha value is -3.46. The van der Waals surface area contributed by atoms with Crippen molar-refractivity contribution < 1.29 is 22.7 Å². The normalized spacial score (nSPS) is 25.1. The maximum absolute atomic E-state index is 13.7. The summed E-state index contributed by atoms with van der Waals surface area (Å²) in [4.78, 5) is 31.6. The first kappa shape index (κ1) is 22.3. The Morgan fingerprint density at radius 2 is 1.71 bits per heavy atom. The predicted octanol–water partition coefficient (Wildman–Crippen LogP) is 2.64. The van der Waals surface area contributed by atoms with E-state index < -0.39 is 38.1 Å². The lowest BCUT2D eigenvalue weighted by Crippen LogP contribution is -2.58. The Kier molecular flexibility index (Phi) is 5.31. The van der Waals surface area contributed by atoms with E-state index in [1.807, 2.05) is 60.7 Å². The quantitative estimate of drug-likeness (QED) is 0.398. The van der Waals surface area contributed by atoms with E-state index in [-0.39, 0.29) is 18.9 Å². The number of hydrogen-bond acceptors (Lipinski definition) is 6. The zero-order chi connectivity index (χ0) is 24.1. The van der Waals surface area contributed by atoms with Crippen molar-refractivity contribution in [3.8, 4) is 0 Å². The number of hydrogen-bond donors (Lipinski definition) is 0. The van der Waals surface area contributed by atoms with Crippen molar-refractivity contribution >= 4 is 21.7 Å². The van der Waals surface area contributed by atoms with Gasteiger partial charge >= 0.3 is 5.97 Å². The van der Waals surface area contributed by atoms with Gasteiger partial charge in [-0.3, -0.25) is 4.79 Å². The van der Waals surface area contributed by atoms with Crippen LogP contribution in [-0.2, 0) is 30.7 Å². The molecule has 0 bridgehead atoms. The smallest absolute Gasteiger partial charge is 0.331 e. The van der Waals surface area contributed by atoms with Gasteiger partial charge < -0.3 is 14.2 Å². The molecular formula is C25H25N3O5S. The van der Waals surface area contributed by atoms with E-state index in [1.54, 1.807) is 17.7 Å². The number of carbonyl (C=O) groups excluding carboxylic acids is 2. The van der Waals surface area contributed by atoms with Gasteiger partial charge in [-0.2, -0.15) is 0 Å². The highest BCUT2D eigenvalue weighted by atomic mass is 32.2. The maximum Gasteiger partial charge on any atom is 0.331 e. The minimum absolute atomic E-state index is 0.0163. The Morgan fingerprint density at radius 1 is 1.12 bits per heavy atom. The molecule has 0 N–H and O–H groups in total. The average Bonchev–Trinajstić information content (AvgIpc) is 3.28. The molecule has 2 aromatic carbocycles. The average molecular weight is 480 g/mol. The third-order valence-corrected chi connectivity index (χ3v) is 9.50. The van der Waals surface area contributed by atoms with Crippen molar-refractivity contribution in [2.45, 2.75) is 49.1 Å². The first-order valence-corrected chi connectivity index (χ1v) is 12.6. The number of imidazole rings is 1. The van der Waals surface area contributed by atoms with Crippen LogP contribution in [0.4, 0.5) is 0 Å². The zero-order valence-corrected chi connectivity index (χ0v) is 19.7. The van der Waals surface area contributed by atoms with E-state index in [0.29, 0.717) is 0 Å². The van der Waals surface area contributed by atoms with Crippen molar-refractivity contribution in [1.29, 1.82) is 0 Å². The number of nitrogens with zero attached hydrogens (tertiary/aromatic N) is 3. The summed E-state index contributed by atoms with van der Waals surface area (Å²) in [6.45, 7) is 3.31. The Bertz CT molecular complexity index is 1300. The van der Waals surface area contributed by atoms with Crippen LogP contribution >= 0.6 is 0 Å². The van der Waals surface area contributed by atoms with Gasteiger partial charge in [0.05, 0.1) is 18.4 Å². The van der Waals surface area contributed by atoms with Crippen molar-refractivity contribution in [3.63, 3.8) is 0 Å². The van der Waals surface area contributed by atoms with Gasteiger partial charge in [-0.1, -0.05) is 60.7 Å². The summed E-state index contributed by atoms with van der Waals surface area (Å²) in [6.07, 6.45) is 2.39. The standard InChI is InChI=1S/C25H25N3O5S/c1-17-14-27(16-26-17)15-25(2)23(28-20(29)13-21(28)34(25,31)32)24(30)33-22(18-9-5-3-6-10-18)19-11-7-4-8-12-19/h3-12,14,16,21-23H,13,15H2,1-2H3/t21-,23+,25+/m1/s1. The van der Waals surface area contributed by atoms with Crippen LogP contribution in [0.15, 0.2) is 73.2 Å². The molecule has 1 amide bonds. The van der Waals surface area contributed by atoms with Gasteiger partial charge in [0.1, 0.15) is 10.1 Å². The monoisotopic (exact) mass is 479 g/mol. The van der Waals surface area contributed by atoms with E-state index >= 15 is 0 Å². The molecule has 2 aliphatic heterocycles. The molecule has 3 heterocycles. The summed E-state index contributed by atoms with van der Waals surface area (Å²) in [5.41, 5.74) is 2.23. The van der Waals surface area contributed by atoms with Crippen LogP contribution in [0.2, 0.25) is 0 Å². The maximum atomic E-state index is 13.7. The second kappa shape index (κ2) is 8.09. The fraction of sp³-hybridized carbons (Fsp3) is 0.320. The van der Waals surface area contributed by atoms with Gasteiger partial charge in [0, 0.05) is 12.7 Å². The third-order valence-electron chi connectivity index (χ3n) is 6.73. The highest BCUT2D eigenvalue weighted by molar-refractivity contribution is 7.93. The van der Waals surface area contributed by atoms with Crippen LogP contribution in [0.1, 0.15) is 36.3 Å². The second-order valence-electron chi connectivity index (χ2n) is 9.05. The number of amides is 1. The van der Waals surface area contributed by atoms with Gasteiger partial charge in [0.25, 0.3) is 0 Å². The number of aryl methyl sites for hydroxylation is 1. The molecule has 0 unspecified atom stereocenters. The molecule has 3 atom stereocenters. The highest BCUT2D eigenvalue weighted by Gasteiger charge is 2.70. The molecule has 2 fully saturated rings. The summed E-state index contributed by atoms with van der Waals surface area (Å²) in [7, 11) is -3.85. The summed E-state index contributed by atoms with van der Waals surface area (Å²) >= 11 is 0. The first-order chi connectivity index (χ1) is 16.2. The van der Waals surface area contributed by atoms with E-state index in [1.165, 1.54) is 18.2 Å². The zero-order valence-electron chi connectivity index (χ0n) is 18.9. The molecular weight excluding hydrogens is 454 g/mol. The summed E-state index contributed by atoms with van der Waals surface area (Å²) in [6, 6.07) is 17.3. The molecule has 2 aliphatic rings. The van der Waals surface area contributed by atoms with Crippen LogP contribution in [0.3, 0.4) is 0 Å². The van der Waals surface area contributed by atoms with E-state index in [2.05, 4.69) is 4.98 Å². The van der Waals surface area contributed by atoms with Crippen LogP contribution in [0, 0.1) is 6.92 Å². The third kappa shape index (κ3) is 3.42. The lowest BCUT2D eigenvalue weighted by atomic mass is 9.95. The minimum Gasteiger partial charge on any atom is -0.451 e. The lowest BCUT2D eigenvalue weighted by molar-refractivity contribution is -0.164. The Morgan fingerprint density at radius 3 is 2.21 bits per heavy atom. The van der Waals surface area contributed by atoms with Gasteiger partial charge in [0.15, 0.2) is 22.0 Å². The largest absolute Gasteiger partial charge is 0.451 e. The predicted molar refractivity (Wildman–Crippen MR) is 124 cm³/mol. The second-order valence-corrected chi connectivity index (χ2v) is 11.6. The fourth-order valence-corrected chi connectivity index (χ4v) is 7.33. The highest BCUT2D eigenvalue weighted by Crippen LogP contribution is 2.47. The molecule has 0 aliphatic carbocycles. The first-order valence-electron chi connectivity index (χ1n) is 11.1. The molecule has 5 rings (SSSR count). The van der Waals surface area contributed by atoms with Crippen molar-refractivity contribution in [2.75, 3.05) is 0 Å². The van der Waals surface area contributed by atoms with E-state index in [0.717, 1.165) is 16.8 Å². The molecule has 1 aromatic heterocycles. The molecule has 0 radical (unpaired) electrons. The van der Waals surface area contributed by atoms with Crippen LogP contribution < -0.4 is 0 Å². The molecule has 3 aromatic rings. The lowest BCUT2D eigenvalue weighted by Gasteiger charge is -2.37. The SMILES string of the molecule is Cc1cn(C[C@@]2(C)[C@H](C(=O)OC(c3ccccc3)c3ccccc3)N3C(=O)C[C@H]3S2(=O)=O)cn1. The molecule has 176 valence electrons. The molecule has 0 spiro atoms. The van der Waals surface area contributed by atoms with E-state index in [4.69, 9.17) is 4.74 Å². The summed E-state index contributed by atoms with van der Waals surface area (Å²) < 4.78 is 33.2. The number of benzene rings is 2. The van der Waals surface area contributed by atoms with Gasteiger partial charge in [-0.05, 0) is 25.0 Å². The number of ether oxygens (including phenoxy) is 1. The fourth-order valence-electron chi connectivity index (χ4n) is 4.96. The van der Waals surface area contributed by atoms with E-state index in [9.17, 15) is 18.0 Å². The number of carbonyl (C=O) groups is 2. The summed E-state index contributed by atoms with van der Waals surface area (Å²) in [5.74, 6) is -1.10. The van der Waals surface area contributed by atoms with Crippen molar-refractivity contribution in [1.82, 2.24) is 14.5 Å². The van der Waals surface area contributed by atoms with Crippen LogP contribution in [0.25, 0.3) is 0 Å². The van der Waals surface area contributed by atoms with Gasteiger partial charge in [0.2, 0.25) is 5.91 Å². The number of β-lactam (4-membered cyclic amide) rings is 1. The number of sulfone groups is 1. The Labute approximate surface area is 198 Å². The number of rotatable bonds is 6. The van der Waals surface area contributed by atoms with Crippen molar-refractivity contribution in [3.05, 3.63) is 90.0 Å².